The Bertz CT molecular complexity index is 1230. The summed E-state index contributed by atoms with van der Waals surface area (Å²) in [6.07, 6.45) is 1.08. The molecule has 3 aromatic rings. The van der Waals surface area contributed by atoms with E-state index in [-0.39, 0.29) is 9.79 Å². The number of sulfone groups is 1. The normalized spacial score (nSPS) is 13.4. The van der Waals surface area contributed by atoms with Crippen molar-refractivity contribution >= 4 is 19.9 Å². The minimum atomic E-state index is -3.80. The van der Waals surface area contributed by atoms with Gasteiger partial charge in [-0.1, -0.05) is 12.1 Å². The zero-order chi connectivity index (χ0) is 21.4. The van der Waals surface area contributed by atoms with Gasteiger partial charge in [0.05, 0.1) is 21.2 Å². The summed E-state index contributed by atoms with van der Waals surface area (Å²) in [7, 11) is -7.18. The zero-order valence-electron chi connectivity index (χ0n) is 16.6. The number of aryl methyl sites for hydroxylation is 2. The highest BCUT2D eigenvalue weighted by molar-refractivity contribution is 7.90. The molecular formula is C20H23N3O4S2. The average Bonchev–Trinajstić information content (AvgIpc) is 2.99. The molecule has 3 rings (SSSR count). The van der Waals surface area contributed by atoms with Crippen LogP contribution >= 0.6 is 0 Å². The maximum atomic E-state index is 12.6. The maximum Gasteiger partial charge on any atom is 0.241 e. The lowest BCUT2D eigenvalue weighted by atomic mass is 10.1. The molecule has 0 saturated carbocycles. The van der Waals surface area contributed by atoms with E-state index >= 15 is 0 Å². The Morgan fingerprint density at radius 2 is 1.45 bits per heavy atom. The largest absolute Gasteiger partial charge is 0.241 e. The van der Waals surface area contributed by atoms with E-state index in [0.29, 0.717) is 0 Å². The van der Waals surface area contributed by atoms with E-state index in [2.05, 4.69) is 9.82 Å². The minimum Gasteiger partial charge on any atom is -0.238 e. The summed E-state index contributed by atoms with van der Waals surface area (Å²) in [5, 5.41) is 4.44. The van der Waals surface area contributed by atoms with E-state index in [4.69, 9.17) is 0 Å². The van der Waals surface area contributed by atoms with Gasteiger partial charge in [0.2, 0.25) is 10.0 Å². The highest BCUT2D eigenvalue weighted by Gasteiger charge is 2.19. The predicted octanol–water partition coefficient (Wildman–Crippen LogP) is 2.93. The summed E-state index contributed by atoms with van der Waals surface area (Å²) >= 11 is 0. The van der Waals surface area contributed by atoms with Gasteiger partial charge >= 0.3 is 0 Å². The first-order chi connectivity index (χ1) is 13.5. The van der Waals surface area contributed by atoms with E-state index in [9.17, 15) is 16.8 Å². The van der Waals surface area contributed by atoms with Crippen molar-refractivity contribution in [2.75, 3.05) is 6.26 Å². The zero-order valence-corrected chi connectivity index (χ0v) is 18.3. The molecule has 0 aliphatic rings. The third-order valence-corrected chi connectivity index (χ3v) is 7.23. The molecule has 0 fully saturated rings. The number of benzene rings is 2. The summed E-state index contributed by atoms with van der Waals surface area (Å²) in [5.41, 5.74) is 3.63. The molecule has 154 valence electrons. The van der Waals surface area contributed by atoms with Crippen LogP contribution in [0.25, 0.3) is 5.69 Å². The first-order valence-corrected chi connectivity index (χ1v) is 12.3. The number of aromatic nitrogens is 2. The minimum absolute atomic E-state index is 0.0102. The summed E-state index contributed by atoms with van der Waals surface area (Å²) < 4.78 is 52.8. The fraction of sp³-hybridized carbons (Fsp3) is 0.250. The van der Waals surface area contributed by atoms with Gasteiger partial charge in [-0.2, -0.15) is 5.10 Å². The van der Waals surface area contributed by atoms with Gasteiger partial charge in [0.15, 0.2) is 9.84 Å². The van der Waals surface area contributed by atoms with Crippen LogP contribution in [0.1, 0.15) is 29.9 Å². The van der Waals surface area contributed by atoms with Crippen LogP contribution in [0.2, 0.25) is 0 Å². The quantitative estimate of drug-likeness (QED) is 0.644. The van der Waals surface area contributed by atoms with Crippen LogP contribution in [-0.4, -0.2) is 32.9 Å². The van der Waals surface area contributed by atoms with Crippen molar-refractivity contribution in [1.29, 1.82) is 0 Å². The lowest BCUT2D eigenvalue weighted by Gasteiger charge is -2.15. The Balaban J connectivity index is 1.78. The van der Waals surface area contributed by atoms with Crippen LogP contribution in [-0.2, 0) is 19.9 Å². The molecule has 0 bridgehead atoms. The summed E-state index contributed by atoms with van der Waals surface area (Å²) in [6.45, 7) is 5.65. The van der Waals surface area contributed by atoms with Gasteiger partial charge in [0, 0.05) is 18.0 Å². The Labute approximate surface area is 171 Å². The van der Waals surface area contributed by atoms with Crippen molar-refractivity contribution in [3.8, 4) is 5.69 Å². The van der Waals surface area contributed by atoms with Crippen LogP contribution in [0.15, 0.2) is 64.4 Å². The molecule has 0 amide bonds. The van der Waals surface area contributed by atoms with E-state index in [1.54, 1.807) is 6.92 Å². The topological polar surface area (TPSA) is 98.1 Å². The molecule has 1 N–H and O–H groups in total. The van der Waals surface area contributed by atoms with Crippen LogP contribution in [0.4, 0.5) is 0 Å². The first-order valence-electron chi connectivity index (χ1n) is 8.93. The predicted molar refractivity (Wildman–Crippen MR) is 111 cm³/mol. The molecule has 0 unspecified atom stereocenters. The van der Waals surface area contributed by atoms with Crippen molar-refractivity contribution in [2.45, 2.75) is 36.6 Å². The van der Waals surface area contributed by atoms with Crippen LogP contribution in [0.3, 0.4) is 0 Å². The fourth-order valence-electron chi connectivity index (χ4n) is 3.03. The molecule has 0 aliphatic carbocycles. The van der Waals surface area contributed by atoms with E-state index in [1.807, 2.05) is 48.9 Å². The molecule has 7 nitrogen and oxygen atoms in total. The Hall–Kier alpha value is -2.49. The second kappa shape index (κ2) is 7.74. The number of hydrogen-bond donors (Lipinski definition) is 1. The maximum absolute atomic E-state index is 12.6. The summed E-state index contributed by atoms with van der Waals surface area (Å²) in [5.74, 6) is 0. The highest BCUT2D eigenvalue weighted by atomic mass is 32.2. The van der Waals surface area contributed by atoms with Gasteiger partial charge in [-0.15, -0.1) is 0 Å². The van der Waals surface area contributed by atoms with Gasteiger partial charge in [-0.3, -0.25) is 0 Å². The van der Waals surface area contributed by atoms with E-state index in [1.165, 1.54) is 24.3 Å². The number of nitrogens with one attached hydrogen (secondary N) is 1. The molecular weight excluding hydrogens is 410 g/mol. The standard InChI is InChI=1S/C20H23N3O4S2/c1-14-13-15(2)23(21-14)18-7-5-17(6-8-18)16(3)22-29(26,27)20-11-9-19(10-12-20)28(4,24)25/h5-13,16,22H,1-4H3/t16-/m1/s1. The third kappa shape index (κ3) is 4.75. The lowest BCUT2D eigenvalue weighted by molar-refractivity contribution is 0.566. The second-order valence-corrected chi connectivity index (χ2v) is 10.7. The Morgan fingerprint density at radius 3 is 1.93 bits per heavy atom. The van der Waals surface area contributed by atoms with Crippen molar-refractivity contribution in [3.05, 3.63) is 71.5 Å². The summed E-state index contributed by atoms with van der Waals surface area (Å²) in [4.78, 5) is 0.0836. The third-order valence-electron chi connectivity index (χ3n) is 4.54. The van der Waals surface area contributed by atoms with Crippen LogP contribution in [0, 0.1) is 13.8 Å². The number of rotatable bonds is 6. The summed E-state index contributed by atoms with van der Waals surface area (Å²) in [6, 6.07) is 14.2. The van der Waals surface area contributed by atoms with Gasteiger partial charge in [-0.25, -0.2) is 26.2 Å². The fourth-order valence-corrected chi connectivity index (χ4v) is 4.89. The molecule has 0 radical (unpaired) electrons. The molecule has 1 atom stereocenters. The smallest absolute Gasteiger partial charge is 0.238 e. The van der Waals surface area contributed by atoms with Crippen molar-refractivity contribution < 1.29 is 16.8 Å². The number of sulfonamides is 1. The molecule has 29 heavy (non-hydrogen) atoms. The van der Waals surface area contributed by atoms with E-state index in [0.717, 1.165) is 28.9 Å². The SMILES string of the molecule is Cc1cc(C)n(-c2ccc([C@@H](C)NS(=O)(=O)c3ccc(S(C)(=O)=O)cc3)cc2)n1. The number of hydrogen-bond acceptors (Lipinski definition) is 5. The van der Waals surface area contributed by atoms with Crippen molar-refractivity contribution in [1.82, 2.24) is 14.5 Å². The average molecular weight is 434 g/mol. The van der Waals surface area contributed by atoms with Crippen molar-refractivity contribution in [3.63, 3.8) is 0 Å². The van der Waals surface area contributed by atoms with Crippen LogP contribution in [0.5, 0.6) is 0 Å². The Kier molecular flexibility index (Phi) is 5.66. The van der Waals surface area contributed by atoms with E-state index < -0.39 is 25.9 Å². The molecule has 9 heteroatoms. The molecule has 0 saturated heterocycles. The van der Waals surface area contributed by atoms with Crippen molar-refractivity contribution in [2.24, 2.45) is 0 Å². The second-order valence-electron chi connectivity index (χ2n) is 7.02. The molecule has 0 aliphatic heterocycles. The lowest BCUT2D eigenvalue weighted by Crippen LogP contribution is -2.27. The van der Waals surface area contributed by atoms with Gasteiger partial charge < -0.3 is 0 Å². The monoisotopic (exact) mass is 433 g/mol. The Morgan fingerprint density at radius 1 is 0.897 bits per heavy atom. The molecule has 0 spiro atoms. The first kappa shape index (κ1) is 21.2. The van der Waals surface area contributed by atoms with Gasteiger partial charge in [0.1, 0.15) is 0 Å². The van der Waals surface area contributed by atoms with Gasteiger partial charge in [-0.05, 0) is 68.8 Å². The van der Waals surface area contributed by atoms with Gasteiger partial charge in [0.25, 0.3) is 0 Å². The van der Waals surface area contributed by atoms with Crippen LogP contribution < -0.4 is 4.72 Å². The molecule has 1 aromatic heterocycles. The number of nitrogens with zero attached hydrogens (tertiary/aromatic N) is 2. The molecule has 2 aromatic carbocycles. The molecule has 1 heterocycles. The highest BCUT2D eigenvalue weighted by Crippen LogP contribution is 2.20.